The maximum Gasteiger partial charge on any atom is 0.508 e. The van der Waals surface area contributed by atoms with E-state index in [9.17, 15) is 4.79 Å². The fourth-order valence-electron chi connectivity index (χ4n) is 2.76. The molecular formula is C17H34O3. The fraction of sp³-hybridized carbons (Fsp3) is 0.941. The second kappa shape index (κ2) is 11.0. The molecule has 3 heteroatoms. The maximum absolute atomic E-state index is 12.0. The van der Waals surface area contributed by atoms with Crippen LogP contribution in [0.15, 0.2) is 0 Å². The monoisotopic (exact) mass is 286 g/mol. The Morgan fingerprint density at radius 1 is 0.800 bits per heavy atom. The second-order valence-corrected chi connectivity index (χ2v) is 5.91. The lowest BCUT2D eigenvalue weighted by Crippen LogP contribution is -2.30. The summed E-state index contributed by atoms with van der Waals surface area (Å²) in [5, 5.41) is 0. The van der Waals surface area contributed by atoms with Crippen LogP contribution in [0.1, 0.15) is 80.1 Å². The minimum atomic E-state index is -0.491. The van der Waals surface area contributed by atoms with Gasteiger partial charge in [0.15, 0.2) is 0 Å². The SMILES string of the molecule is CCCC(C)C(CC)OC(=O)OC(CC)C(C)CCC. The first-order chi connectivity index (χ1) is 9.49. The van der Waals surface area contributed by atoms with Crippen molar-refractivity contribution in [2.24, 2.45) is 11.8 Å². The molecule has 0 saturated carbocycles. The predicted octanol–water partition coefficient (Wildman–Crippen LogP) is 5.57. The van der Waals surface area contributed by atoms with Crippen molar-refractivity contribution in [3.8, 4) is 0 Å². The Kier molecular flexibility index (Phi) is 10.6. The number of rotatable bonds is 10. The summed E-state index contributed by atoms with van der Waals surface area (Å²) in [6, 6.07) is 0. The van der Waals surface area contributed by atoms with Crippen LogP contribution >= 0.6 is 0 Å². The van der Waals surface area contributed by atoms with E-state index < -0.39 is 6.16 Å². The lowest BCUT2D eigenvalue weighted by atomic mass is 9.97. The average Bonchev–Trinajstić information content (AvgIpc) is 2.42. The van der Waals surface area contributed by atoms with Gasteiger partial charge in [-0.05, 0) is 37.5 Å². The van der Waals surface area contributed by atoms with Crippen molar-refractivity contribution >= 4 is 6.16 Å². The molecule has 0 spiro atoms. The third-order valence-corrected chi connectivity index (χ3v) is 4.06. The van der Waals surface area contributed by atoms with Crippen LogP contribution in [-0.2, 0) is 9.47 Å². The van der Waals surface area contributed by atoms with Crippen molar-refractivity contribution in [2.75, 3.05) is 0 Å². The van der Waals surface area contributed by atoms with Gasteiger partial charge in [-0.2, -0.15) is 0 Å². The molecule has 0 saturated heterocycles. The number of hydrogen-bond acceptors (Lipinski definition) is 3. The standard InChI is InChI=1S/C17H34O3/c1-7-11-13(5)15(9-3)19-17(18)20-16(10-4)14(6)12-8-2/h13-16H,7-12H2,1-6H3. The zero-order valence-corrected chi connectivity index (χ0v) is 14.3. The van der Waals surface area contributed by atoms with E-state index >= 15 is 0 Å². The molecule has 0 aromatic heterocycles. The molecule has 4 atom stereocenters. The zero-order valence-electron chi connectivity index (χ0n) is 14.3. The van der Waals surface area contributed by atoms with Gasteiger partial charge < -0.3 is 9.47 Å². The first-order valence-corrected chi connectivity index (χ1v) is 8.37. The molecule has 0 bridgehead atoms. The Hall–Kier alpha value is -0.730. The molecule has 0 aliphatic carbocycles. The largest absolute Gasteiger partial charge is 0.508 e. The molecule has 120 valence electrons. The van der Waals surface area contributed by atoms with Crippen molar-refractivity contribution in [2.45, 2.75) is 92.3 Å². The van der Waals surface area contributed by atoms with Gasteiger partial charge in [-0.25, -0.2) is 4.79 Å². The van der Waals surface area contributed by atoms with Crippen molar-refractivity contribution in [1.82, 2.24) is 0 Å². The molecule has 0 amide bonds. The van der Waals surface area contributed by atoms with Gasteiger partial charge in [0, 0.05) is 0 Å². The molecule has 0 aliphatic heterocycles. The van der Waals surface area contributed by atoms with Crippen LogP contribution in [0.3, 0.4) is 0 Å². The predicted molar refractivity (Wildman–Crippen MR) is 83.9 cm³/mol. The summed E-state index contributed by atoms with van der Waals surface area (Å²) < 4.78 is 11.0. The number of carbonyl (C=O) groups excluding carboxylic acids is 1. The summed E-state index contributed by atoms with van der Waals surface area (Å²) >= 11 is 0. The zero-order chi connectivity index (χ0) is 15.5. The topological polar surface area (TPSA) is 35.5 Å². The first-order valence-electron chi connectivity index (χ1n) is 8.37. The summed E-state index contributed by atoms with van der Waals surface area (Å²) in [7, 11) is 0. The van der Waals surface area contributed by atoms with Gasteiger partial charge in [-0.1, -0.05) is 54.4 Å². The molecule has 0 aromatic carbocycles. The third kappa shape index (κ3) is 7.16. The van der Waals surface area contributed by atoms with Crippen LogP contribution in [-0.4, -0.2) is 18.4 Å². The minimum absolute atomic E-state index is 0.0264. The van der Waals surface area contributed by atoms with Crippen LogP contribution < -0.4 is 0 Å². The molecule has 20 heavy (non-hydrogen) atoms. The van der Waals surface area contributed by atoms with Gasteiger partial charge in [-0.3, -0.25) is 0 Å². The van der Waals surface area contributed by atoms with Gasteiger partial charge in [0.25, 0.3) is 0 Å². The van der Waals surface area contributed by atoms with Crippen LogP contribution in [0.5, 0.6) is 0 Å². The molecule has 0 fully saturated rings. The summed E-state index contributed by atoms with van der Waals surface area (Å²) in [5.41, 5.74) is 0. The lowest BCUT2D eigenvalue weighted by Gasteiger charge is -2.26. The van der Waals surface area contributed by atoms with E-state index in [0.717, 1.165) is 38.5 Å². The van der Waals surface area contributed by atoms with E-state index in [1.807, 2.05) is 0 Å². The van der Waals surface area contributed by atoms with Gasteiger partial charge in [-0.15, -0.1) is 0 Å². The Labute approximate surface area is 125 Å². The summed E-state index contributed by atoms with van der Waals surface area (Å²) in [6.45, 7) is 12.7. The highest BCUT2D eigenvalue weighted by Crippen LogP contribution is 2.20. The van der Waals surface area contributed by atoms with Crippen molar-refractivity contribution in [3.63, 3.8) is 0 Å². The van der Waals surface area contributed by atoms with E-state index in [0.29, 0.717) is 11.8 Å². The summed E-state index contributed by atoms with van der Waals surface area (Å²) in [6.07, 6.45) is 5.53. The number of carbonyl (C=O) groups is 1. The highest BCUT2D eigenvalue weighted by molar-refractivity contribution is 5.60. The molecular weight excluding hydrogens is 252 g/mol. The number of hydrogen-bond donors (Lipinski definition) is 0. The third-order valence-electron chi connectivity index (χ3n) is 4.06. The molecule has 3 nitrogen and oxygen atoms in total. The second-order valence-electron chi connectivity index (χ2n) is 5.91. The fourth-order valence-corrected chi connectivity index (χ4v) is 2.76. The minimum Gasteiger partial charge on any atom is -0.431 e. The number of ether oxygens (including phenoxy) is 2. The molecule has 0 aromatic rings. The molecule has 0 N–H and O–H groups in total. The Bertz CT molecular complexity index is 229. The quantitative estimate of drug-likeness (QED) is 0.492. The highest BCUT2D eigenvalue weighted by atomic mass is 16.7. The normalized spacial score (nSPS) is 17.1. The van der Waals surface area contributed by atoms with Crippen molar-refractivity contribution in [3.05, 3.63) is 0 Å². The highest BCUT2D eigenvalue weighted by Gasteiger charge is 2.24. The van der Waals surface area contributed by atoms with Gasteiger partial charge in [0.05, 0.1) is 0 Å². The van der Waals surface area contributed by atoms with Gasteiger partial charge in [0.1, 0.15) is 12.2 Å². The van der Waals surface area contributed by atoms with Crippen LogP contribution in [0.25, 0.3) is 0 Å². The summed E-state index contributed by atoms with van der Waals surface area (Å²) in [4.78, 5) is 12.0. The first kappa shape index (κ1) is 19.3. The van der Waals surface area contributed by atoms with Crippen LogP contribution in [0, 0.1) is 11.8 Å². The Morgan fingerprint density at radius 3 is 1.40 bits per heavy atom. The van der Waals surface area contributed by atoms with E-state index in [1.165, 1.54) is 0 Å². The van der Waals surface area contributed by atoms with Gasteiger partial charge >= 0.3 is 6.16 Å². The molecule has 0 heterocycles. The van der Waals surface area contributed by atoms with Gasteiger partial charge in [0.2, 0.25) is 0 Å². The molecule has 0 radical (unpaired) electrons. The van der Waals surface area contributed by atoms with Crippen molar-refractivity contribution < 1.29 is 14.3 Å². The summed E-state index contributed by atoms with van der Waals surface area (Å²) in [5.74, 6) is 0.788. The Balaban J connectivity index is 4.36. The average molecular weight is 286 g/mol. The molecule has 0 aliphatic rings. The van der Waals surface area contributed by atoms with Crippen molar-refractivity contribution in [1.29, 1.82) is 0 Å². The van der Waals surface area contributed by atoms with E-state index in [-0.39, 0.29) is 12.2 Å². The van der Waals surface area contributed by atoms with E-state index in [4.69, 9.17) is 9.47 Å². The maximum atomic E-state index is 12.0. The lowest BCUT2D eigenvalue weighted by molar-refractivity contribution is -0.0318. The van der Waals surface area contributed by atoms with Crippen LogP contribution in [0.2, 0.25) is 0 Å². The molecule has 0 rings (SSSR count). The van der Waals surface area contributed by atoms with E-state index in [2.05, 4.69) is 41.5 Å². The van der Waals surface area contributed by atoms with Crippen LogP contribution in [0.4, 0.5) is 4.79 Å². The van der Waals surface area contributed by atoms with E-state index in [1.54, 1.807) is 0 Å². The Morgan fingerprint density at radius 2 is 1.15 bits per heavy atom. The smallest absolute Gasteiger partial charge is 0.431 e. The molecule has 4 unspecified atom stereocenters.